The van der Waals surface area contributed by atoms with E-state index in [1.807, 2.05) is 30.3 Å². The van der Waals surface area contributed by atoms with Gasteiger partial charge >= 0.3 is 0 Å². The highest BCUT2D eigenvalue weighted by Crippen LogP contribution is 2.24. The molecule has 0 fully saturated rings. The maximum absolute atomic E-state index is 11.1. The van der Waals surface area contributed by atoms with Crippen molar-refractivity contribution in [3.05, 3.63) is 60.2 Å². The maximum atomic E-state index is 11.1. The van der Waals surface area contributed by atoms with Crippen LogP contribution in [-0.2, 0) is 11.4 Å². The molecule has 0 aromatic heterocycles. The minimum Gasteiger partial charge on any atom is -0.546 e. The second-order valence-electron chi connectivity index (χ2n) is 5.22. The lowest BCUT2D eigenvalue weighted by atomic mass is 10.0. The van der Waals surface area contributed by atoms with Crippen LogP contribution in [0.15, 0.2) is 54.6 Å². The predicted molar refractivity (Wildman–Crippen MR) is 81.5 cm³/mol. The summed E-state index contributed by atoms with van der Waals surface area (Å²) in [6.45, 7) is 3.72. The topological polar surface area (TPSA) is 58.6 Å². The lowest BCUT2D eigenvalue weighted by molar-refractivity contribution is -0.321. The summed E-state index contributed by atoms with van der Waals surface area (Å²) in [6.07, 6.45) is 0.321. The largest absolute Gasteiger partial charge is 0.546 e. The second-order valence-corrected chi connectivity index (χ2v) is 5.22. The zero-order valence-corrected chi connectivity index (χ0v) is 12.7. The van der Waals surface area contributed by atoms with Crippen LogP contribution in [0.2, 0.25) is 0 Å². The lowest BCUT2D eigenvalue weighted by Gasteiger charge is -2.30. The summed E-state index contributed by atoms with van der Waals surface area (Å²) >= 11 is 0. The highest BCUT2D eigenvalue weighted by atomic mass is 16.5. The molecule has 22 heavy (non-hydrogen) atoms. The van der Waals surface area contributed by atoms with Gasteiger partial charge in [0.1, 0.15) is 23.7 Å². The number of ether oxygens (including phenoxy) is 2. The molecule has 0 heterocycles. The molecule has 116 valence electrons. The Bertz CT molecular complexity index is 607. The summed E-state index contributed by atoms with van der Waals surface area (Å²) in [7, 11) is 0. The van der Waals surface area contributed by atoms with Gasteiger partial charge in [-0.2, -0.15) is 0 Å². The molecule has 1 atom stereocenters. The summed E-state index contributed by atoms with van der Waals surface area (Å²) in [4.78, 5) is 11.1. The standard InChI is InChI=1S/C18H20O4/c1-3-18(2,17(19)20)22-16-11-9-15(10-12-16)21-13-14-7-5-4-6-8-14/h4-12H,3,13H2,1-2H3,(H,19,20)/p-1. The van der Waals surface area contributed by atoms with E-state index in [0.717, 1.165) is 5.56 Å². The van der Waals surface area contributed by atoms with Gasteiger partial charge in [-0.25, -0.2) is 0 Å². The first-order valence-corrected chi connectivity index (χ1v) is 7.21. The predicted octanol–water partition coefficient (Wildman–Crippen LogP) is 2.56. The van der Waals surface area contributed by atoms with E-state index in [1.54, 1.807) is 31.2 Å². The molecule has 0 bridgehead atoms. The number of rotatable bonds is 7. The van der Waals surface area contributed by atoms with Gasteiger partial charge in [-0.3, -0.25) is 0 Å². The molecule has 2 rings (SSSR count). The molecule has 2 aromatic rings. The molecular weight excluding hydrogens is 280 g/mol. The van der Waals surface area contributed by atoms with Crippen LogP contribution in [0.1, 0.15) is 25.8 Å². The van der Waals surface area contributed by atoms with E-state index in [-0.39, 0.29) is 0 Å². The third kappa shape index (κ3) is 4.01. The van der Waals surface area contributed by atoms with Gasteiger partial charge in [0.05, 0.1) is 5.97 Å². The molecule has 1 unspecified atom stereocenters. The van der Waals surface area contributed by atoms with Gasteiger partial charge in [-0.05, 0) is 43.2 Å². The molecule has 4 nitrogen and oxygen atoms in total. The molecule has 0 aliphatic heterocycles. The van der Waals surface area contributed by atoms with Crippen LogP contribution < -0.4 is 14.6 Å². The number of benzene rings is 2. The number of aliphatic carboxylic acids is 1. The summed E-state index contributed by atoms with van der Waals surface area (Å²) in [5.74, 6) is -0.0529. The SMILES string of the molecule is CCC(C)(Oc1ccc(OCc2ccccc2)cc1)C(=O)[O-]. The Morgan fingerprint density at radius 1 is 1.05 bits per heavy atom. The summed E-state index contributed by atoms with van der Waals surface area (Å²) in [5.41, 5.74) is -0.245. The van der Waals surface area contributed by atoms with Crippen molar-refractivity contribution in [1.29, 1.82) is 0 Å². The number of carbonyl (C=O) groups excluding carboxylic acids is 1. The van der Waals surface area contributed by atoms with Crippen LogP contribution in [0.4, 0.5) is 0 Å². The van der Waals surface area contributed by atoms with Crippen LogP contribution in [-0.4, -0.2) is 11.6 Å². The molecule has 0 aliphatic carbocycles. The van der Waals surface area contributed by atoms with Crippen molar-refractivity contribution in [2.75, 3.05) is 0 Å². The Hall–Kier alpha value is -2.49. The van der Waals surface area contributed by atoms with Crippen molar-refractivity contribution in [3.8, 4) is 11.5 Å². The lowest BCUT2D eigenvalue weighted by Crippen LogP contribution is -2.49. The Balaban J connectivity index is 1.97. The third-order valence-electron chi connectivity index (χ3n) is 3.52. The quantitative estimate of drug-likeness (QED) is 0.788. The molecule has 4 heteroatoms. The monoisotopic (exact) mass is 299 g/mol. The Labute approximate surface area is 130 Å². The number of carbonyl (C=O) groups is 1. The van der Waals surface area contributed by atoms with E-state index in [9.17, 15) is 9.90 Å². The Morgan fingerprint density at radius 3 is 2.18 bits per heavy atom. The smallest absolute Gasteiger partial charge is 0.145 e. The fourth-order valence-electron chi connectivity index (χ4n) is 1.86. The number of hydrogen-bond donors (Lipinski definition) is 0. The zero-order valence-electron chi connectivity index (χ0n) is 12.7. The first-order valence-electron chi connectivity index (χ1n) is 7.21. The minimum absolute atomic E-state index is 0.321. The van der Waals surface area contributed by atoms with Crippen LogP contribution in [0.5, 0.6) is 11.5 Å². The molecular formula is C18H19O4-. The molecule has 0 spiro atoms. The van der Waals surface area contributed by atoms with Crippen LogP contribution in [0.3, 0.4) is 0 Å². The van der Waals surface area contributed by atoms with Crippen LogP contribution >= 0.6 is 0 Å². The van der Waals surface area contributed by atoms with Crippen molar-refractivity contribution >= 4 is 5.97 Å². The molecule has 0 amide bonds. The van der Waals surface area contributed by atoms with Crippen molar-refractivity contribution in [3.63, 3.8) is 0 Å². The van der Waals surface area contributed by atoms with E-state index in [0.29, 0.717) is 24.5 Å². The van der Waals surface area contributed by atoms with Crippen LogP contribution in [0, 0.1) is 0 Å². The molecule has 0 aliphatic rings. The van der Waals surface area contributed by atoms with Gasteiger partial charge in [0.2, 0.25) is 0 Å². The third-order valence-corrected chi connectivity index (χ3v) is 3.52. The number of hydrogen-bond acceptors (Lipinski definition) is 4. The van der Waals surface area contributed by atoms with Gasteiger partial charge in [0, 0.05) is 0 Å². The highest BCUT2D eigenvalue weighted by molar-refractivity contribution is 5.75. The summed E-state index contributed by atoms with van der Waals surface area (Å²) in [6, 6.07) is 16.7. The van der Waals surface area contributed by atoms with Crippen molar-refractivity contribution in [2.45, 2.75) is 32.5 Å². The van der Waals surface area contributed by atoms with Gasteiger partial charge in [0.15, 0.2) is 0 Å². The highest BCUT2D eigenvalue weighted by Gasteiger charge is 2.25. The molecule has 0 saturated heterocycles. The molecule has 2 aromatic carbocycles. The maximum Gasteiger partial charge on any atom is 0.145 e. The van der Waals surface area contributed by atoms with Gasteiger partial charge in [0.25, 0.3) is 0 Å². The van der Waals surface area contributed by atoms with E-state index in [2.05, 4.69) is 0 Å². The van der Waals surface area contributed by atoms with Gasteiger partial charge < -0.3 is 19.4 Å². The zero-order chi connectivity index (χ0) is 16.0. The molecule has 0 saturated carbocycles. The normalized spacial score (nSPS) is 13.2. The average Bonchev–Trinajstić information content (AvgIpc) is 2.55. The van der Waals surface area contributed by atoms with Crippen molar-refractivity contribution in [1.82, 2.24) is 0 Å². The van der Waals surface area contributed by atoms with E-state index < -0.39 is 11.6 Å². The van der Waals surface area contributed by atoms with Gasteiger partial charge in [-0.1, -0.05) is 37.3 Å². The van der Waals surface area contributed by atoms with E-state index >= 15 is 0 Å². The second kappa shape index (κ2) is 6.98. The molecule has 0 radical (unpaired) electrons. The van der Waals surface area contributed by atoms with Gasteiger partial charge in [-0.15, -0.1) is 0 Å². The van der Waals surface area contributed by atoms with Crippen molar-refractivity contribution in [2.24, 2.45) is 0 Å². The Morgan fingerprint density at radius 2 is 1.64 bits per heavy atom. The first kappa shape index (κ1) is 15.9. The Kier molecular flexibility index (Phi) is 5.04. The fraction of sp³-hybridized carbons (Fsp3) is 0.278. The van der Waals surface area contributed by atoms with E-state index in [1.165, 1.54) is 6.92 Å². The van der Waals surface area contributed by atoms with Crippen LogP contribution in [0.25, 0.3) is 0 Å². The number of carboxylic acid groups (broad SMARTS) is 1. The number of carboxylic acids is 1. The fourth-order valence-corrected chi connectivity index (χ4v) is 1.86. The average molecular weight is 299 g/mol. The minimum atomic E-state index is -1.33. The first-order chi connectivity index (χ1) is 10.5. The van der Waals surface area contributed by atoms with E-state index in [4.69, 9.17) is 9.47 Å². The summed E-state index contributed by atoms with van der Waals surface area (Å²) < 4.78 is 11.2. The summed E-state index contributed by atoms with van der Waals surface area (Å²) in [5, 5.41) is 11.1. The van der Waals surface area contributed by atoms with Crippen molar-refractivity contribution < 1.29 is 19.4 Å². The molecule has 0 N–H and O–H groups in total.